The maximum atomic E-state index is 13.5. The van der Waals surface area contributed by atoms with E-state index < -0.39 is 22.0 Å². The van der Waals surface area contributed by atoms with Gasteiger partial charge in [-0.3, -0.25) is 9.10 Å². The molecule has 1 amide bonds. The number of fused-ring (bicyclic) bond motifs is 1. The third-order valence-corrected chi connectivity index (χ3v) is 7.62. The van der Waals surface area contributed by atoms with E-state index in [2.05, 4.69) is 5.32 Å². The first-order chi connectivity index (χ1) is 16.8. The number of hydrogen-bond acceptors (Lipinski definition) is 6. The minimum absolute atomic E-state index is 0.0935. The summed E-state index contributed by atoms with van der Waals surface area (Å²) in [7, 11) is -2.43. The Bertz CT molecular complexity index is 1310. The maximum Gasteiger partial charge on any atom is 0.264 e. The number of hydrogen-bond donors (Lipinski definition) is 1. The quantitative estimate of drug-likeness (QED) is 0.480. The van der Waals surface area contributed by atoms with E-state index in [-0.39, 0.29) is 24.6 Å². The first-order valence-electron chi connectivity index (χ1n) is 11.2. The molecule has 0 radical (unpaired) electrons. The second-order valence-corrected chi connectivity index (χ2v) is 10.0. The van der Waals surface area contributed by atoms with Gasteiger partial charge in [0.1, 0.15) is 23.9 Å². The molecule has 4 rings (SSSR count). The van der Waals surface area contributed by atoms with Crippen LogP contribution in [0.2, 0.25) is 0 Å². The van der Waals surface area contributed by atoms with Gasteiger partial charge in [0.25, 0.3) is 15.9 Å². The number of carbonyl (C=O) groups is 1. The average Bonchev–Trinajstić information content (AvgIpc) is 2.87. The molecule has 0 fully saturated rings. The van der Waals surface area contributed by atoms with Crippen LogP contribution in [0.4, 0.5) is 5.69 Å². The Morgan fingerprint density at radius 2 is 1.74 bits per heavy atom. The number of benzene rings is 3. The molecular formula is C26H28N2O6S. The van der Waals surface area contributed by atoms with Crippen molar-refractivity contribution in [3.05, 3.63) is 77.9 Å². The summed E-state index contributed by atoms with van der Waals surface area (Å²) in [5, 5.41) is 2.78. The fourth-order valence-corrected chi connectivity index (χ4v) is 5.18. The normalized spacial score (nSPS) is 15.1. The zero-order chi connectivity index (χ0) is 25.0. The van der Waals surface area contributed by atoms with E-state index >= 15 is 0 Å². The summed E-state index contributed by atoms with van der Waals surface area (Å²) < 4.78 is 44.8. The zero-order valence-corrected chi connectivity index (χ0v) is 20.7. The Balaban J connectivity index is 1.45. The van der Waals surface area contributed by atoms with Gasteiger partial charge in [0.15, 0.2) is 6.10 Å². The third kappa shape index (κ3) is 5.35. The minimum atomic E-state index is -3.94. The molecule has 1 atom stereocenters. The van der Waals surface area contributed by atoms with Crippen LogP contribution in [0, 0.1) is 13.8 Å². The van der Waals surface area contributed by atoms with Crippen molar-refractivity contribution in [1.29, 1.82) is 0 Å². The molecule has 184 valence electrons. The van der Waals surface area contributed by atoms with E-state index in [9.17, 15) is 13.2 Å². The molecule has 0 saturated carbocycles. The lowest BCUT2D eigenvalue weighted by Crippen LogP contribution is -2.51. The third-order valence-electron chi connectivity index (χ3n) is 5.82. The number of carbonyl (C=O) groups excluding carboxylic acids is 1. The molecule has 0 spiro atoms. The number of sulfonamides is 1. The Kier molecular flexibility index (Phi) is 7.16. The lowest BCUT2D eigenvalue weighted by atomic mass is 10.1. The Hall–Kier alpha value is -3.72. The molecule has 0 aliphatic carbocycles. The highest BCUT2D eigenvalue weighted by Gasteiger charge is 2.37. The number of amides is 1. The van der Waals surface area contributed by atoms with Gasteiger partial charge in [-0.05, 0) is 73.5 Å². The van der Waals surface area contributed by atoms with Crippen LogP contribution in [0.15, 0.2) is 71.6 Å². The molecule has 0 unspecified atom stereocenters. The number of ether oxygens (including phenoxy) is 3. The smallest absolute Gasteiger partial charge is 0.264 e. The fourth-order valence-electron chi connectivity index (χ4n) is 3.70. The van der Waals surface area contributed by atoms with Gasteiger partial charge in [-0.2, -0.15) is 0 Å². The van der Waals surface area contributed by atoms with Crippen molar-refractivity contribution in [3.8, 4) is 17.2 Å². The number of rotatable bonds is 8. The van der Waals surface area contributed by atoms with E-state index in [1.807, 2.05) is 32.0 Å². The predicted molar refractivity (Wildman–Crippen MR) is 133 cm³/mol. The molecule has 9 heteroatoms. The van der Waals surface area contributed by atoms with Crippen LogP contribution >= 0.6 is 0 Å². The van der Waals surface area contributed by atoms with Gasteiger partial charge in [-0.1, -0.05) is 18.2 Å². The van der Waals surface area contributed by atoms with Gasteiger partial charge >= 0.3 is 0 Å². The maximum absolute atomic E-state index is 13.5. The summed E-state index contributed by atoms with van der Waals surface area (Å²) in [6.07, 6.45) is -1.01. The SMILES string of the molecule is COc1ccc(S(=O)(=O)N2C[C@@H](C(=O)NCCOc3ccc(C)c(C)c3)Oc3ccccc32)cc1. The number of methoxy groups -OCH3 is 1. The lowest BCUT2D eigenvalue weighted by Gasteiger charge is -2.34. The highest BCUT2D eigenvalue weighted by molar-refractivity contribution is 7.92. The molecular weight excluding hydrogens is 468 g/mol. The first kappa shape index (κ1) is 24.4. The summed E-state index contributed by atoms with van der Waals surface area (Å²) in [6, 6.07) is 18.7. The minimum Gasteiger partial charge on any atom is -0.497 e. The topological polar surface area (TPSA) is 94.2 Å². The van der Waals surface area contributed by atoms with Crippen LogP contribution in [-0.2, 0) is 14.8 Å². The van der Waals surface area contributed by atoms with Crippen LogP contribution in [0.5, 0.6) is 17.2 Å². The molecule has 3 aromatic rings. The molecule has 35 heavy (non-hydrogen) atoms. The molecule has 3 aromatic carbocycles. The summed E-state index contributed by atoms with van der Waals surface area (Å²) in [5.41, 5.74) is 2.68. The molecule has 0 saturated heterocycles. The van der Waals surface area contributed by atoms with Gasteiger partial charge in [0.05, 0.1) is 30.8 Å². The molecule has 1 N–H and O–H groups in total. The van der Waals surface area contributed by atoms with Crippen molar-refractivity contribution in [2.24, 2.45) is 0 Å². The summed E-state index contributed by atoms with van der Waals surface area (Å²) in [6.45, 7) is 4.40. The van der Waals surface area contributed by atoms with Crippen LogP contribution in [0.1, 0.15) is 11.1 Å². The van der Waals surface area contributed by atoms with Crippen molar-refractivity contribution in [2.75, 3.05) is 31.1 Å². The molecule has 8 nitrogen and oxygen atoms in total. The van der Waals surface area contributed by atoms with Gasteiger partial charge in [-0.25, -0.2) is 8.42 Å². The number of nitrogens with one attached hydrogen (secondary N) is 1. The van der Waals surface area contributed by atoms with Crippen LogP contribution in [-0.4, -0.2) is 47.2 Å². The highest BCUT2D eigenvalue weighted by Crippen LogP contribution is 2.37. The van der Waals surface area contributed by atoms with E-state index in [4.69, 9.17) is 14.2 Å². The Labute approximate surface area is 205 Å². The number of aryl methyl sites for hydroxylation is 2. The molecule has 1 aliphatic rings. The van der Waals surface area contributed by atoms with E-state index in [1.165, 1.54) is 29.1 Å². The molecule has 0 bridgehead atoms. The fraction of sp³-hybridized carbons (Fsp3) is 0.269. The van der Waals surface area contributed by atoms with Crippen molar-refractivity contribution in [3.63, 3.8) is 0 Å². The monoisotopic (exact) mass is 496 g/mol. The Morgan fingerprint density at radius 3 is 2.46 bits per heavy atom. The standard InChI is InChI=1S/C26H28N2O6S/c1-18-8-9-21(16-19(18)2)33-15-14-27-26(29)25-17-28(23-6-4-5-7-24(23)34-25)35(30,31)22-12-10-20(32-3)11-13-22/h4-13,16,25H,14-15,17H2,1-3H3,(H,27,29)/t25-/m0/s1. The Morgan fingerprint density at radius 1 is 1.03 bits per heavy atom. The van der Waals surface area contributed by atoms with Crippen LogP contribution < -0.4 is 23.8 Å². The molecule has 0 aromatic heterocycles. The van der Waals surface area contributed by atoms with E-state index in [0.717, 1.165) is 11.3 Å². The van der Waals surface area contributed by atoms with E-state index in [0.29, 0.717) is 17.2 Å². The predicted octanol–water partition coefficient (Wildman–Crippen LogP) is 3.46. The number of anilines is 1. The van der Waals surface area contributed by atoms with Crippen molar-refractivity contribution < 1.29 is 27.4 Å². The van der Waals surface area contributed by atoms with Crippen molar-refractivity contribution >= 4 is 21.6 Å². The van der Waals surface area contributed by atoms with E-state index in [1.54, 1.807) is 36.4 Å². The zero-order valence-electron chi connectivity index (χ0n) is 19.9. The van der Waals surface area contributed by atoms with Gasteiger partial charge in [-0.15, -0.1) is 0 Å². The lowest BCUT2D eigenvalue weighted by molar-refractivity contribution is -0.127. The molecule has 1 heterocycles. The van der Waals surface area contributed by atoms with Crippen LogP contribution in [0.25, 0.3) is 0 Å². The van der Waals surface area contributed by atoms with Crippen LogP contribution in [0.3, 0.4) is 0 Å². The summed E-state index contributed by atoms with van der Waals surface area (Å²) >= 11 is 0. The van der Waals surface area contributed by atoms with Crippen molar-refractivity contribution in [2.45, 2.75) is 24.8 Å². The summed E-state index contributed by atoms with van der Waals surface area (Å²) in [4.78, 5) is 13.0. The summed E-state index contributed by atoms with van der Waals surface area (Å²) in [5.74, 6) is 1.18. The average molecular weight is 497 g/mol. The largest absolute Gasteiger partial charge is 0.497 e. The number of para-hydroxylation sites is 2. The highest BCUT2D eigenvalue weighted by atomic mass is 32.2. The second-order valence-electron chi connectivity index (χ2n) is 8.17. The first-order valence-corrected chi connectivity index (χ1v) is 12.6. The molecule has 1 aliphatic heterocycles. The second kappa shape index (κ2) is 10.3. The van der Waals surface area contributed by atoms with Gasteiger partial charge in [0.2, 0.25) is 0 Å². The number of nitrogens with zero attached hydrogens (tertiary/aromatic N) is 1. The van der Waals surface area contributed by atoms with Crippen molar-refractivity contribution in [1.82, 2.24) is 5.32 Å². The van der Waals surface area contributed by atoms with Gasteiger partial charge in [0, 0.05) is 0 Å². The van der Waals surface area contributed by atoms with Gasteiger partial charge < -0.3 is 19.5 Å².